The Hall–Kier alpha value is -1.88. The van der Waals surface area contributed by atoms with E-state index < -0.39 is 22.9 Å². The molecule has 6 heteroatoms. The maximum absolute atomic E-state index is 13.5. The van der Waals surface area contributed by atoms with Gasteiger partial charge in [-0.3, -0.25) is 4.79 Å². The summed E-state index contributed by atoms with van der Waals surface area (Å²) in [4.78, 5) is 24.1. The van der Waals surface area contributed by atoms with Crippen molar-refractivity contribution in [2.45, 2.75) is 0 Å². The number of aromatic nitrogens is 1. The maximum atomic E-state index is 13.5. The van der Waals surface area contributed by atoms with Crippen LogP contribution in [0.2, 0.25) is 5.02 Å². The highest BCUT2D eigenvalue weighted by molar-refractivity contribution is 6.31. The summed E-state index contributed by atoms with van der Waals surface area (Å²) in [6, 6.07) is 3.84. The Kier molecular flexibility index (Phi) is 2.40. The third kappa shape index (κ3) is 1.55. The summed E-state index contributed by atoms with van der Waals surface area (Å²) >= 11 is 5.53. The fourth-order valence-corrected chi connectivity index (χ4v) is 1.53. The van der Waals surface area contributed by atoms with Crippen LogP contribution < -0.4 is 5.56 Å². The Morgan fingerprint density at radius 3 is 2.75 bits per heavy atom. The fraction of sp³-hybridized carbons (Fsp3) is 0. The first kappa shape index (κ1) is 10.6. The molecule has 0 atom stereocenters. The molecule has 4 nitrogen and oxygen atoms in total. The van der Waals surface area contributed by atoms with E-state index in [1.807, 2.05) is 0 Å². The molecule has 0 fully saturated rings. The number of carboxylic acids is 1. The number of aromatic carboxylic acids is 1. The predicted molar refractivity (Wildman–Crippen MR) is 56.5 cm³/mol. The number of carbonyl (C=O) groups is 1. The van der Waals surface area contributed by atoms with Crippen LogP contribution in [0.5, 0.6) is 0 Å². The quantitative estimate of drug-likeness (QED) is 0.802. The largest absolute Gasteiger partial charge is 0.477 e. The van der Waals surface area contributed by atoms with Crippen molar-refractivity contribution in [3.05, 3.63) is 45.0 Å². The van der Waals surface area contributed by atoms with Crippen LogP contribution in [-0.2, 0) is 0 Å². The summed E-state index contributed by atoms with van der Waals surface area (Å²) in [6.07, 6.45) is 0. The van der Waals surface area contributed by atoms with Gasteiger partial charge in [-0.05, 0) is 12.1 Å². The number of fused-ring (bicyclic) bond motifs is 1. The number of carboxylic acid groups (broad SMARTS) is 1. The molecule has 0 radical (unpaired) electrons. The van der Waals surface area contributed by atoms with Gasteiger partial charge in [-0.25, -0.2) is 9.18 Å². The number of hydrogen-bond acceptors (Lipinski definition) is 2. The normalized spacial score (nSPS) is 10.6. The number of halogens is 2. The zero-order valence-corrected chi connectivity index (χ0v) is 8.51. The van der Waals surface area contributed by atoms with E-state index in [1.54, 1.807) is 0 Å². The molecule has 82 valence electrons. The van der Waals surface area contributed by atoms with Gasteiger partial charge in [0, 0.05) is 5.39 Å². The summed E-state index contributed by atoms with van der Waals surface area (Å²) in [5, 5.41) is 8.85. The zero-order chi connectivity index (χ0) is 11.9. The van der Waals surface area contributed by atoms with Crippen LogP contribution in [0.1, 0.15) is 10.4 Å². The van der Waals surface area contributed by atoms with Crippen molar-refractivity contribution in [3.63, 3.8) is 0 Å². The summed E-state index contributed by atoms with van der Waals surface area (Å²) in [6.45, 7) is 0. The maximum Gasteiger partial charge on any atom is 0.341 e. The molecule has 0 saturated heterocycles. The minimum atomic E-state index is -1.36. The van der Waals surface area contributed by atoms with Gasteiger partial charge < -0.3 is 10.1 Å². The van der Waals surface area contributed by atoms with Crippen molar-refractivity contribution in [1.29, 1.82) is 0 Å². The number of nitrogens with one attached hydrogen (secondary N) is 1. The van der Waals surface area contributed by atoms with Gasteiger partial charge in [-0.1, -0.05) is 17.7 Å². The van der Waals surface area contributed by atoms with Gasteiger partial charge in [0.05, 0.1) is 10.5 Å². The SMILES string of the molecule is O=C(O)c1cc2ccc(Cl)c(F)c2[nH]c1=O. The van der Waals surface area contributed by atoms with E-state index in [1.165, 1.54) is 12.1 Å². The second kappa shape index (κ2) is 3.61. The second-order valence-corrected chi connectivity index (χ2v) is 3.55. The lowest BCUT2D eigenvalue weighted by molar-refractivity contribution is 0.0695. The average molecular weight is 242 g/mol. The number of hydrogen-bond donors (Lipinski definition) is 2. The molecular weight excluding hydrogens is 237 g/mol. The lowest BCUT2D eigenvalue weighted by atomic mass is 10.1. The van der Waals surface area contributed by atoms with Crippen LogP contribution in [0.4, 0.5) is 4.39 Å². The predicted octanol–water partition coefficient (Wildman–Crippen LogP) is 2.02. The third-order valence-corrected chi connectivity index (χ3v) is 2.43. The molecular formula is C10H5ClFNO3. The summed E-state index contributed by atoms with van der Waals surface area (Å²) in [7, 11) is 0. The van der Waals surface area contributed by atoms with Crippen molar-refractivity contribution in [3.8, 4) is 0 Å². The van der Waals surface area contributed by atoms with Crippen molar-refractivity contribution in [1.82, 2.24) is 4.98 Å². The molecule has 1 aromatic heterocycles. The Balaban J connectivity index is 2.89. The van der Waals surface area contributed by atoms with Gasteiger partial charge in [0.2, 0.25) is 0 Å². The van der Waals surface area contributed by atoms with E-state index in [-0.39, 0.29) is 15.9 Å². The Morgan fingerprint density at radius 2 is 2.12 bits per heavy atom. The van der Waals surface area contributed by atoms with Crippen LogP contribution in [0.25, 0.3) is 10.9 Å². The number of benzene rings is 1. The van der Waals surface area contributed by atoms with E-state index in [4.69, 9.17) is 16.7 Å². The molecule has 0 spiro atoms. The highest BCUT2D eigenvalue weighted by Crippen LogP contribution is 2.22. The fourth-order valence-electron chi connectivity index (χ4n) is 1.37. The molecule has 0 aliphatic rings. The van der Waals surface area contributed by atoms with Gasteiger partial charge in [-0.2, -0.15) is 0 Å². The van der Waals surface area contributed by atoms with Crippen LogP contribution >= 0.6 is 11.6 Å². The molecule has 1 aromatic carbocycles. The van der Waals surface area contributed by atoms with Gasteiger partial charge in [0.25, 0.3) is 5.56 Å². The number of H-pyrrole nitrogens is 1. The van der Waals surface area contributed by atoms with Crippen LogP contribution in [0.3, 0.4) is 0 Å². The number of aromatic amines is 1. The summed E-state index contributed by atoms with van der Waals surface area (Å²) < 4.78 is 13.5. The van der Waals surface area contributed by atoms with Crippen molar-refractivity contribution in [2.24, 2.45) is 0 Å². The zero-order valence-electron chi connectivity index (χ0n) is 7.75. The monoisotopic (exact) mass is 241 g/mol. The molecule has 0 unspecified atom stereocenters. The van der Waals surface area contributed by atoms with Crippen molar-refractivity contribution < 1.29 is 14.3 Å². The molecule has 0 amide bonds. The third-order valence-electron chi connectivity index (χ3n) is 2.14. The van der Waals surface area contributed by atoms with Crippen molar-refractivity contribution in [2.75, 3.05) is 0 Å². The molecule has 0 aliphatic carbocycles. The highest BCUT2D eigenvalue weighted by Gasteiger charge is 2.13. The highest BCUT2D eigenvalue weighted by atomic mass is 35.5. The van der Waals surface area contributed by atoms with E-state index >= 15 is 0 Å². The van der Waals surface area contributed by atoms with E-state index in [2.05, 4.69) is 4.98 Å². The first-order valence-corrected chi connectivity index (χ1v) is 4.63. The first-order chi connectivity index (χ1) is 7.50. The van der Waals surface area contributed by atoms with Gasteiger partial charge >= 0.3 is 5.97 Å². The summed E-state index contributed by atoms with van der Waals surface area (Å²) in [5.74, 6) is -2.13. The van der Waals surface area contributed by atoms with E-state index in [0.717, 1.165) is 6.07 Å². The Morgan fingerprint density at radius 1 is 1.44 bits per heavy atom. The molecule has 16 heavy (non-hydrogen) atoms. The topological polar surface area (TPSA) is 70.2 Å². The van der Waals surface area contributed by atoms with Gasteiger partial charge in [0.15, 0.2) is 5.82 Å². The lowest BCUT2D eigenvalue weighted by Crippen LogP contribution is -2.17. The molecule has 2 N–H and O–H groups in total. The van der Waals surface area contributed by atoms with Gasteiger partial charge in [0.1, 0.15) is 5.56 Å². The Bertz CT molecular complexity index is 650. The van der Waals surface area contributed by atoms with E-state index in [0.29, 0.717) is 0 Å². The van der Waals surface area contributed by atoms with Crippen molar-refractivity contribution >= 4 is 28.5 Å². The van der Waals surface area contributed by atoms with Crippen LogP contribution in [0.15, 0.2) is 23.0 Å². The molecule has 2 rings (SSSR count). The lowest BCUT2D eigenvalue weighted by Gasteiger charge is -2.02. The second-order valence-electron chi connectivity index (χ2n) is 3.14. The minimum Gasteiger partial charge on any atom is -0.477 e. The first-order valence-electron chi connectivity index (χ1n) is 4.25. The molecule has 2 aromatic rings. The molecule has 0 bridgehead atoms. The Labute approximate surface area is 93.3 Å². The number of pyridine rings is 1. The standard InChI is InChI=1S/C10H5ClFNO3/c11-6-2-1-4-3-5(10(15)16)9(14)13-8(4)7(6)12/h1-3H,(H,13,14)(H,15,16). The minimum absolute atomic E-state index is 0.0949. The molecule has 1 heterocycles. The van der Waals surface area contributed by atoms with Gasteiger partial charge in [-0.15, -0.1) is 0 Å². The summed E-state index contributed by atoms with van der Waals surface area (Å²) in [5.41, 5.74) is -1.39. The molecule has 0 aliphatic heterocycles. The average Bonchev–Trinajstić information content (AvgIpc) is 2.23. The van der Waals surface area contributed by atoms with Crippen LogP contribution in [-0.4, -0.2) is 16.1 Å². The number of rotatable bonds is 1. The molecule has 0 saturated carbocycles. The van der Waals surface area contributed by atoms with E-state index in [9.17, 15) is 14.0 Å². The smallest absolute Gasteiger partial charge is 0.341 e. The van der Waals surface area contributed by atoms with Crippen LogP contribution in [0, 0.1) is 5.82 Å².